The van der Waals surface area contributed by atoms with E-state index < -0.39 is 11.9 Å². The maximum atomic E-state index is 12.3. The van der Waals surface area contributed by atoms with Crippen molar-refractivity contribution in [3.05, 3.63) is 96.3 Å². The van der Waals surface area contributed by atoms with Crippen LogP contribution in [0.3, 0.4) is 0 Å². The van der Waals surface area contributed by atoms with Crippen molar-refractivity contribution >= 4 is 11.9 Å². The van der Waals surface area contributed by atoms with Gasteiger partial charge in [0.1, 0.15) is 0 Å². The molecule has 0 aliphatic rings. The third-order valence-corrected chi connectivity index (χ3v) is 5.05. The number of hydrogen-bond acceptors (Lipinski definition) is 6. The van der Waals surface area contributed by atoms with Crippen molar-refractivity contribution in [3.63, 3.8) is 0 Å². The van der Waals surface area contributed by atoms with Crippen LogP contribution in [0.4, 0.5) is 0 Å². The van der Waals surface area contributed by atoms with Crippen molar-refractivity contribution in [3.8, 4) is 33.6 Å². The van der Waals surface area contributed by atoms with Gasteiger partial charge in [0.25, 0.3) is 0 Å². The van der Waals surface area contributed by atoms with Crippen molar-refractivity contribution in [2.45, 2.75) is 0 Å². The Hall–Kier alpha value is -4.32. The molecular formula is C26H20N2O4. The molecule has 0 aliphatic heterocycles. The van der Waals surface area contributed by atoms with Gasteiger partial charge in [-0.15, -0.1) is 0 Å². The van der Waals surface area contributed by atoms with E-state index in [0.717, 1.165) is 33.6 Å². The minimum absolute atomic E-state index is 0.387. The van der Waals surface area contributed by atoms with Gasteiger partial charge in [-0.3, -0.25) is 9.97 Å². The Kier molecular flexibility index (Phi) is 6.03. The van der Waals surface area contributed by atoms with Crippen molar-refractivity contribution in [1.82, 2.24) is 9.97 Å². The predicted octanol–water partition coefficient (Wildman–Crippen LogP) is 5.05. The van der Waals surface area contributed by atoms with Crippen molar-refractivity contribution in [1.29, 1.82) is 0 Å². The SMILES string of the molecule is COC(=O)c1ccc(-c2ccccn2)c(-c2cc(C(=O)OC)ccc2-c2ccccn2)c1. The number of esters is 2. The summed E-state index contributed by atoms with van der Waals surface area (Å²) in [5, 5.41) is 0. The van der Waals surface area contributed by atoms with Gasteiger partial charge in [0.15, 0.2) is 0 Å². The van der Waals surface area contributed by atoms with Crippen LogP contribution >= 0.6 is 0 Å². The normalized spacial score (nSPS) is 10.4. The largest absolute Gasteiger partial charge is 0.465 e. The van der Waals surface area contributed by atoms with Crippen LogP contribution in [-0.2, 0) is 9.47 Å². The fourth-order valence-corrected chi connectivity index (χ4v) is 3.51. The fraction of sp³-hybridized carbons (Fsp3) is 0.0769. The number of carbonyl (C=O) groups is 2. The lowest BCUT2D eigenvalue weighted by molar-refractivity contribution is 0.0591. The molecule has 2 heterocycles. The summed E-state index contributed by atoms with van der Waals surface area (Å²) in [5.74, 6) is -0.912. The number of aromatic nitrogens is 2. The van der Waals surface area contributed by atoms with E-state index in [2.05, 4.69) is 9.97 Å². The molecule has 6 heteroatoms. The van der Waals surface area contributed by atoms with Gasteiger partial charge in [-0.05, 0) is 59.7 Å². The zero-order valence-corrected chi connectivity index (χ0v) is 17.6. The molecule has 4 rings (SSSR count). The molecule has 0 fully saturated rings. The molecule has 0 amide bonds. The first-order chi connectivity index (χ1) is 15.6. The third-order valence-electron chi connectivity index (χ3n) is 5.05. The lowest BCUT2D eigenvalue weighted by Crippen LogP contribution is -2.04. The quantitative estimate of drug-likeness (QED) is 0.417. The highest BCUT2D eigenvalue weighted by Gasteiger charge is 2.19. The molecule has 158 valence electrons. The predicted molar refractivity (Wildman–Crippen MR) is 121 cm³/mol. The molecule has 0 N–H and O–H groups in total. The standard InChI is InChI=1S/C26H20N2O4/c1-31-25(29)17-9-11-19(23-7-3-5-13-27-23)21(15-17)22-16-18(26(30)32-2)10-12-20(22)24-8-4-6-14-28-24/h3-16H,1-2H3. The Balaban J connectivity index is 2.04. The number of hydrogen-bond donors (Lipinski definition) is 0. The van der Waals surface area contributed by atoms with Gasteiger partial charge in [0, 0.05) is 23.5 Å². The minimum Gasteiger partial charge on any atom is -0.465 e. The van der Waals surface area contributed by atoms with E-state index in [1.54, 1.807) is 36.7 Å². The molecule has 0 radical (unpaired) electrons. The summed E-state index contributed by atoms with van der Waals surface area (Å²) in [5.41, 5.74) is 5.28. The first-order valence-corrected chi connectivity index (χ1v) is 9.90. The summed E-state index contributed by atoms with van der Waals surface area (Å²) in [6.45, 7) is 0. The number of benzene rings is 2. The molecule has 0 aliphatic carbocycles. The van der Waals surface area contributed by atoms with Gasteiger partial charge >= 0.3 is 11.9 Å². The van der Waals surface area contributed by atoms with Gasteiger partial charge in [0.2, 0.25) is 0 Å². The highest BCUT2D eigenvalue weighted by Crippen LogP contribution is 2.38. The van der Waals surface area contributed by atoms with E-state index in [1.165, 1.54) is 14.2 Å². The summed E-state index contributed by atoms with van der Waals surface area (Å²) in [6, 6.07) is 21.8. The Morgan fingerprint density at radius 3 is 1.38 bits per heavy atom. The van der Waals surface area contributed by atoms with E-state index in [0.29, 0.717) is 11.1 Å². The second kappa shape index (κ2) is 9.22. The van der Waals surface area contributed by atoms with Crippen molar-refractivity contribution < 1.29 is 19.1 Å². The third kappa shape index (κ3) is 4.11. The van der Waals surface area contributed by atoms with Gasteiger partial charge < -0.3 is 9.47 Å². The monoisotopic (exact) mass is 424 g/mol. The van der Waals surface area contributed by atoms with E-state index >= 15 is 0 Å². The lowest BCUT2D eigenvalue weighted by atomic mass is 9.89. The number of methoxy groups -OCH3 is 2. The van der Waals surface area contributed by atoms with Crippen LogP contribution in [0.1, 0.15) is 20.7 Å². The molecular weight excluding hydrogens is 404 g/mol. The van der Waals surface area contributed by atoms with Crippen LogP contribution < -0.4 is 0 Å². The maximum Gasteiger partial charge on any atom is 0.337 e. The van der Waals surface area contributed by atoms with E-state index in [-0.39, 0.29) is 0 Å². The minimum atomic E-state index is -0.456. The highest BCUT2D eigenvalue weighted by atomic mass is 16.5. The van der Waals surface area contributed by atoms with E-state index in [4.69, 9.17) is 9.47 Å². The molecule has 0 bridgehead atoms. The van der Waals surface area contributed by atoms with E-state index in [1.807, 2.05) is 48.5 Å². The number of nitrogens with zero attached hydrogens (tertiary/aromatic N) is 2. The average molecular weight is 424 g/mol. The summed E-state index contributed by atoms with van der Waals surface area (Å²) >= 11 is 0. The summed E-state index contributed by atoms with van der Waals surface area (Å²) < 4.78 is 9.85. The van der Waals surface area contributed by atoms with Crippen molar-refractivity contribution in [2.24, 2.45) is 0 Å². The van der Waals surface area contributed by atoms with Crippen LogP contribution in [-0.4, -0.2) is 36.1 Å². The number of rotatable bonds is 5. The zero-order chi connectivity index (χ0) is 22.5. The highest BCUT2D eigenvalue weighted by molar-refractivity contribution is 5.99. The number of pyridine rings is 2. The molecule has 6 nitrogen and oxygen atoms in total. The topological polar surface area (TPSA) is 78.4 Å². The number of ether oxygens (including phenoxy) is 2. The summed E-state index contributed by atoms with van der Waals surface area (Å²) in [4.78, 5) is 33.6. The second-order valence-corrected chi connectivity index (χ2v) is 6.93. The molecule has 0 atom stereocenters. The summed E-state index contributed by atoms with van der Waals surface area (Å²) in [6.07, 6.45) is 3.41. The molecule has 0 saturated carbocycles. The maximum absolute atomic E-state index is 12.3. The van der Waals surface area contributed by atoms with Crippen LogP contribution in [0.25, 0.3) is 33.6 Å². The molecule has 2 aromatic carbocycles. The first-order valence-electron chi connectivity index (χ1n) is 9.90. The number of carbonyl (C=O) groups excluding carboxylic acids is 2. The summed E-state index contributed by atoms with van der Waals surface area (Å²) in [7, 11) is 2.68. The Labute approximate surface area is 185 Å². The molecule has 2 aromatic heterocycles. The smallest absolute Gasteiger partial charge is 0.337 e. The Morgan fingerprint density at radius 2 is 1.03 bits per heavy atom. The second-order valence-electron chi connectivity index (χ2n) is 6.93. The molecule has 0 saturated heterocycles. The van der Waals surface area contributed by atoms with Gasteiger partial charge in [0.05, 0.1) is 36.7 Å². The van der Waals surface area contributed by atoms with Crippen molar-refractivity contribution in [2.75, 3.05) is 14.2 Å². The van der Waals surface area contributed by atoms with Gasteiger partial charge in [-0.1, -0.05) is 24.3 Å². The lowest BCUT2D eigenvalue weighted by Gasteiger charge is -2.16. The zero-order valence-electron chi connectivity index (χ0n) is 17.6. The van der Waals surface area contributed by atoms with Crippen LogP contribution in [0.15, 0.2) is 85.2 Å². The van der Waals surface area contributed by atoms with Crippen LogP contribution in [0.2, 0.25) is 0 Å². The molecule has 4 aromatic rings. The Bertz CT molecular complexity index is 1170. The first kappa shape index (κ1) is 20.9. The molecule has 0 unspecified atom stereocenters. The molecule has 32 heavy (non-hydrogen) atoms. The molecule has 0 spiro atoms. The van der Waals surface area contributed by atoms with Gasteiger partial charge in [-0.25, -0.2) is 9.59 Å². The average Bonchev–Trinajstić information content (AvgIpc) is 2.88. The van der Waals surface area contributed by atoms with Crippen LogP contribution in [0, 0.1) is 0 Å². The van der Waals surface area contributed by atoms with Crippen LogP contribution in [0.5, 0.6) is 0 Å². The Morgan fingerprint density at radius 1 is 0.594 bits per heavy atom. The van der Waals surface area contributed by atoms with E-state index in [9.17, 15) is 9.59 Å². The van der Waals surface area contributed by atoms with Gasteiger partial charge in [-0.2, -0.15) is 0 Å². The fourth-order valence-electron chi connectivity index (χ4n) is 3.51.